The Bertz CT molecular complexity index is 310. The second kappa shape index (κ2) is 5.12. The lowest BCUT2D eigenvalue weighted by molar-refractivity contribution is 0.395. The molecule has 1 heterocycles. The van der Waals surface area contributed by atoms with Crippen molar-refractivity contribution in [3.8, 4) is 5.88 Å². The lowest BCUT2D eigenvalue weighted by Crippen LogP contribution is -2.16. The minimum atomic E-state index is 0.691. The fourth-order valence-corrected chi connectivity index (χ4v) is 1.60. The van der Waals surface area contributed by atoms with Gasteiger partial charge in [-0.15, -0.1) is 0 Å². The smallest absolute Gasteiger partial charge is 0.213 e. The van der Waals surface area contributed by atoms with Crippen LogP contribution in [0.15, 0.2) is 18.2 Å². The first kappa shape index (κ1) is 10.4. The molecule has 0 amide bonds. The van der Waals surface area contributed by atoms with Crippen LogP contribution < -0.4 is 10.1 Å². The molecule has 1 fully saturated rings. The van der Waals surface area contributed by atoms with E-state index in [1.54, 1.807) is 7.11 Å². The lowest BCUT2D eigenvalue weighted by Gasteiger charge is -2.05. The van der Waals surface area contributed by atoms with E-state index < -0.39 is 0 Å². The molecular weight excluding hydrogens is 188 g/mol. The Morgan fingerprint density at radius 3 is 3.07 bits per heavy atom. The zero-order valence-electron chi connectivity index (χ0n) is 9.20. The molecule has 2 rings (SSSR count). The van der Waals surface area contributed by atoms with Gasteiger partial charge < -0.3 is 10.1 Å². The number of pyridine rings is 1. The molecule has 1 N–H and O–H groups in total. The average molecular weight is 206 g/mol. The Morgan fingerprint density at radius 1 is 1.47 bits per heavy atom. The van der Waals surface area contributed by atoms with Crippen LogP contribution in [-0.4, -0.2) is 18.6 Å². The van der Waals surface area contributed by atoms with Crippen LogP contribution >= 0.6 is 0 Å². The van der Waals surface area contributed by atoms with Crippen molar-refractivity contribution < 1.29 is 4.74 Å². The largest absolute Gasteiger partial charge is 0.481 e. The highest BCUT2D eigenvalue weighted by Gasteiger charge is 2.19. The third-order valence-electron chi connectivity index (χ3n) is 2.72. The third-order valence-corrected chi connectivity index (χ3v) is 2.72. The molecule has 0 radical (unpaired) electrons. The van der Waals surface area contributed by atoms with Gasteiger partial charge in [0.25, 0.3) is 0 Å². The summed E-state index contributed by atoms with van der Waals surface area (Å²) in [6.07, 6.45) is 4.17. The van der Waals surface area contributed by atoms with Gasteiger partial charge in [-0.2, -0.15) is 0 Å². The van der Waals surface area contributed by atoms with Gasteiger partial charge in [0.15, 0.2) is 0 Å². The fourth-order valence-electron chi connectivity index (χ4n) is 1.60. The van der Waals surface area contributed by atoms with Crippen LogP contribution in [0.3, 0.4) is 0 Å². The molecule has 1 aliphatic rings. The van der Waals surface area contributed by atoms with E-state index in [2.05, 4.69) is 10.3 Å². The predicted octanol–water partition coefficient (Wildman–Crippen LogP) is 1.98. The van der Waals surface area contributed by atoms with Crippen molar-refractivity contribution in [2.45, 2.75) is 25.8 Å². The summed E-state index contributed by atoms with van der Waals surface area (Å²) in [5.74, 6) is 1.69. The number of hydrogen-bond donors (Lipinski definition) is 1. The highest BCUT2D eigenvalue weighted by atomic mass is 16.5. The molecule has 1 aliphatic carbocycles. The van der Waals surface area contributed by atoms with Crippen molar-refractivity contribution in [3.63, 3.8) is 0 Å². The predicted molar refractivity (Wildman–Crippen MR) is 59.8 cm³/mol. The summed E-state index contributed by atoms with van der Waals surface area (Å²) in [6.45, 7) is 1.94. The molecule has 0 spiro atoms. The fraction of sp³-hybridized carbons (Fsp3) is 0.583. The van der Waals surface area contributed by atoms with Crippen LogP contribution in [0.5, 0.6) is 5.88 Å². The first-order chi connectivity index (χ1) is 7.38. The summed E-state index contributed by atoms with van der Waals surface area (Å²) in [4.78, 5) is 4.34. The van der Waals surface area contributed by atoms with E-state index in [1.165, 1.54) is 19.3 Å². The average Bonchev–Trinajstić information content (AvgIpc) is 3.09. The van der Waals surface area contributed by atoms with Gasteiger partial charge in [0, 0.05) is 12.6 Å². The van der Waals surface area contributed by atoms with Gasteiger partial charge >= 0.3 is 0 Å². The summed E-state index contributed by atoms with van der Waals surface area (Å²) in [5, 5.41) is 3.41. The van der Waals surface area contributed by atoms with E-state index in [9.17, 15) is 0 Å². The van der Waals surface area contributed by atoms with Gasteiger partial charge in [0.1, 0.15) is 0 Å². The molecule has 0 atom stereocenters. The minimum Gasteiger partial charge on any atom is -0.481 e. The second-order valence-electron chi connectivity index (χ2n) is 4.08. The van der Waals surface area contributed by atoms with Crippen molar-refractivity contribution in [2.75, 3.05) is 13.7 Å². The van der Waals surface area contributed by atoms with E-state index >= 15 is 0 Å². The molecule has 1 aromatic rings. The quantitative estimate of drug-likeness (QED) is 0.723. The van der Waals surface area contributed by atoms with Crippen molar-refractivity contribution >= 4 is 0 Å². The van der Waals surface area contributed by atoms with Crippen molar-refractivity contribution in [1.29, 1.82) is 0 Å². The van der Waals surface area contributed by atoms with Crippen LogP contribution in [0.4, 0.5) is 0 Å². The molecular formula is C12H18N2O. The molecule has 3 nitrogen and oxygen atoms in total. The topological polar surface area (TPSA) is 34.1 Å². The summed E-state index contributed by atoms with van der Waals surface area (Å²) in [5.41, 5.74) is 1.05. The molecule has 15 heavy (non-hydrogen) atoms. The maximum atomic E-state index is 5.07. The number of methoxy groups -OCH3 is 1. The van der Waals surface area contributed by atoms with Crippen molar-refractivity contribution in [2.24, 2.45) is 5.92 Å². The first-order valence-corrected chi connectivity index (χ1v) is 5.59. The number of rotatable bonds is 6. The third kappa shape index (κ3) is 3.51. The van der Waals surface area contributed by atoms with E-state index in [0.717, 1.165) is 24.7 Å². The Hall–Kier alpha value is -1.09. The van der Waals surface area contributed by atoms with Crippen molar-refractivity contribution in [3.05, 3.63) is 23.9 Å². The number of ether oxygens (including phenoxy) is 1. The molecule has 0 aliphatic heterocycles. The number of aromatic nitrogens is 1. The standard InChI is InChI=1S/C12H18N2O/c1-15-12-4-2-3-11(14-12)9-13-8-7-10-5-6-10/h2-4,10,13H,5-9H2,1H3. The Labute approximate surface area is 90.9 Å². The van der Waals surface area contributed by atoms with Gasteiger partial charge in [0.2, 0.25) is 5.88 Å². The second-order valence-corrected chi connectivity index (χ2v) is 4.08. The van der Waals surface area contributed by atoms with Gasteiger partial charge in [0.05, 0.1) is 12.8 Å². The molecule has 0 unspecified atom stereocenters. The molecule has 0 saturated heterocycles. The summed E-state index contributed by atoms with van der Waals surface area (Å²) in [6, 6.07) is 5.87. The highest BCUT2D eigenvalue weighted by molar-refractivity contribution is 5.15. The monoisotopic (exact) mass is 206 g/mol. The minimum absolute atomic E-state index is 0.691. The van der Waals surface area contributed by atoms with Crippen LogP contribution in [0, 0.1) is 5.92 Å². The molecule has 1 saturated carbocycles. The maximum absolute atomic E-state index is 5.07. The summed E-state index contributed by atoms with van der Waals surface area (Å²) in [7, 11) is 1.65. The van der Waals surface area contributed by atoms with E-state index in [-0.39, 0.29) is 0 Å². The van der Waals surface area contributed by atoms with Crippen molar-refractivity contribution in [1.82, 2.24) is 10.3 Å². The lowest BCUT2D eigenvalue weighted by atomic mass is 10.3. The molecule has 0 aromatic carbocycles. The first-order valence-electron chi connectivity index (χ1n) is 5.59. The normalized spacial score (nSPS) is 15.3. The zero-order chi connectivity index (χ0) is 10.5. The zero-order valence-corrected chi connectivity index (χ0v) is 9.20. The Morgan fingerprint density at radius 2 is 2.33 bits per heavy atom. The number of nitrogens with zero attached hydrogens (tertiary/aromatic N) is 1. The summed E-state index contributed by atoms with van der Waals surface area (Å²) < 4.78 is 5.07. The van der Waals surface area contributed by atoms with Gasteiger partial charge in [-0.05, 0) is 24.9 Å². The van der Waals surface area contributed by atoms with E-state index in [4.69, 9.17) is 4.74 Å². The van der Waals surface area contributed by atoms with Crippen LogP contribution in [-0.2, 0) is 6.54 Å². The molecule has 1 aromatic heterocycles. The summed E-state index contributed by atoms with van der Waals surface area (Å²) >= 11 is 0. The molecule has 82 valence electrons. The van der Waals surface area contributed by atoms with E-state index in [0.29, 0.717) is 5.88 Å². The van der Waals surface area contributed by atoms with Gasteiger partial charge in [-0.3, -0.25) is 0 Å². The maximum Gasteiger partial charge on any atom is 0.213 e. The van der Waals surface area contributed by atoms with E-state index in [1.807, 2.05) is 18.2 Å². The Kier molecular flexibility index (Phi) is 3.56. The van der Waals surface area contributed by atoms with Crippen LogP contribution in [0.25, 0.3) is 0 Å². The Balaban J connectivity index is 1.71. The highest BCUT2D eigenvalue weighted by Crippen LogP contribution is 2.31. The number of nitrogens with one attached hydrogen (secondary N) is 1. The van der Waals surface area contributed by atoms with Crippen LogP contribution in [0.1, 0.15) is 25.0 Å². The molecule has 3 heteroatoms. The number of hydrogen-bond acceptors (Lipinski definition) is 3. The van der Waals surface area contributed by atoms with Gasteiger partial charge in [-0.25, -0.2) is 4.98 Å². The SMILES string of the molecule is COc1cccc(CNCCC2CC2)n1. The molecule has 0 bridgehead atoms. The van der Waals surface area contributed by atoms with Crippen LogP contribution in [0.2, 0.25) is 0 Å². The van der Waals surface area contributed by atoms with Gasteiger partial charge in [-0.1, -0.05) is 18.9 Å².